The quantitative estimate of drug-likeness (QED) is 0.829. The van der Waals surface area contributed by atoms with Crippen molar-refractivity contribution in [2.24, 2.45) is 0 Å². The van der Waals surface area contributed by atoms with E-state index in [1.54, 1.807) is 0 Å². The second kappa shape index (κ2) is 6.20. The van der Waals surface area contributed by atoms with Gasteiger partial charge in [0.05, 0.1) is 5.69 Å². The Hall–Kier alpha value is -2.47. The second-order valence-electron chi connectivity index (χ2n) is 6.40. The first kappa shape index (κ1) is 15.1. The average molecular weight is 323 g/mol. The summed E-state index contributed by atoms with van der Waals surface area (Å²) in [5.74, 6) is 1.05. The van der Waals surface area contributed by atoms with Crippen LogP contribution in [0.15, 0.2) is 42.5 Å². The van der Waals surface area contributed by atoms with E-state index in [1.165, 1.54) is 0 Å². The highest BCUT2D eigenvalue weighted by Gasteiger charge is 2.37. The third kappa shape index (κ3) is 2.73. The maximum Gasteiger partial charge on any atom is 0.241 e. The zero-order valence-electron chi connectivity index (χ0n) is 13.8. The predicted octanol–water partition coefficient (Wildman–Crippen LogP) is 1.11. The number of aromatic nitrogens is 2. The van der Waals surface area contributed by atoms with Crippen molar-refractivity contribution >= 4 is 11.7 Å². The molecule has 2 aromatic rings. The Morgan fingerprint density at radius 2 is 1.75 bits per heavy atom. The molecule has 2 aliphatic rings. The molecule has 2 aliphatic heterocycles. The monoisotopic (exact) mass is 323 g/mol. The largest absolute Gasteiger partial charge is 0.352 e. The minimum absolute atomic E-state index is 0.0619. The minimum Gasteiger partial charge on any atom is -0.352 e. The number of hydrogen-bond acceptors (Lipinski definition) is 5. The number of amides is 1. The normalized spacial score (nSPS) is 21.7. The molecule has 0 bridgehead atoms. The molecule has 2 fully saturated rings. The molecule has 0 N–H and O–H groups in total. The van der Waals surface area contributed by atoms with Crippen LogP contribution >= 0.6 is 0 Å². The summed E-state index contributed by atoms with van der Waals surface area (Å²) in [6.07, 6.45) is 0. The van der Waals surface area contributed by atoms with Crippen LogP contribution in [0, 0.1) is 0 Å². The molecule has 0 aliphatic carbocycles. The van der Waals surface area contributed by atoms with Gasteiger partial charge in [-0.25, -0.2) is 0 Å². The van der Waals surface area contributed by atoms with Crippen molar-refractivity contribution in [2.45, 2.75) is 6.04 Å². The molecule has 24 heavy (non-hydrogen) atoms. The molecule has 1 aromatic heterocycles. The van der Waals surface area contributed by atoms with Crippen LogP contribution in [0.2, 0.25) is 0 Å². The van der Waals surface area contributed by atoms with Crippen LogP contribution in [0.3, 0.4) is 0 Å². The lowest BCUT2D eigenvalue weighted by atomic mass is 10.1. The van der Waals surface area contributed by atoms with Crippen LogP contribution in [-0.2, 0) is 4.79 Å². The summed E-state index contributed by atoms with van der Waals surface area (Å²) in [6, 6.07) is 14.0. The molecule has 4 rings (SSSR count). The van der Waals surface area contributed by atoms with Crippen molar-refractivity contribution < 1.29 is 4.79 Å². The molecule has 0 spiro atoms. The van der Waals surface area contributed by atoms with Gasteiger partial charge in [0.15, 0.2) is 5.82 Å². The Labute approximate surface area is 141 Å². The number of carbonyl (C=O) groups is 1. The van der Waals surface area contributed by atoms with Crippen molar-refractivity contribution in [3.63, 3.8) is 0 Å². The van der Waals surface area contributed by atoms with Crippen LogP contribution in [0.25, 0.3) is 11.3 Å². The number of carbonyl (C=O) groups excluding carboxylic acids is 1. The predicted molar refractivity (Wildman–Crippen MR) is 92.7 cm³/mol. The molecule has 0 saturated carbocycles. The van der Waals surface area contributed by atoms with Crippen molar-refractivity contribution in [1.29, 1.82) is 0 Å². The van der Waals surface area contributed by atoms with E-state index >= 15 is 0 Å². The molecule has 6 heteroatoms. The van der Waals surface area contributed by atoms with Crippen LogP contribution in [0.5, 0.6) is 0 Å². The van der Waals surface area contributed by atoms with Crippen LogP contribution < -0.4 is 4.90 Å². The van der Waals surface area contributed by atoms with Gasteiger partial charge in [0.2, 0.25) is 5.91 Å². The highest BCUT2D eigenvalue weighted by Crippen LogP contribution is 2.22. The fourth-order valence-corrected chi connectivity index (χ4v) is 3.43. The van der Waals surface area contributed by atoms with E-state index in [0.717, 1.165) is 43.3 Å². The van der Waals surface area contributed by atoms with Gasteiger partial charge in [0.25, 0.3) is 0 Å². The maximum absolute atomic E-state index is 12.4. The summed E-state index contributed by atoms with van der Waals surface area (Å²) in [5.41, 5.74) is 1.93. The van der Waals surface area contributed by atoms with Crippen molar-refractivity contribution in [3.05, 3.63) is 42.5 Å². The van der Waals surface area contributed by atoms with Gasteiger partial charge in [-0.3, -0.25) is 9.69 Å². The van der Waals surface area contributed by atoms with Crippen LogP contribution in [-0.4, -0.2) is 71.7 Å². The summed E-state index contributed by atoms with van der Waals surface area (Å²) in [7, 11) is 1.88. The van der Waals surface area contributed by atoms with Gasteiger partial charge in [-0.05, 0) is 12.1 Å². The Morgan fingerprint density at radius 1 is 0.958 bits per heavy atom. The SMILES string of the molecule is CN1CCN2CCN(c3ccc(-c4ccccc4)nn3)C[C@@H]2C1=O. The minimum atomic E-state index is -0.0619. The van der Waals surface area contributed by atoms with Crippen LogP contribution in [0.4, 0.5) is 5.82 Å². The van der Waals surface area contributed by atoms with Gasteiger partial charge in [0.1, 0.15) is 6.04 Å². The first-order chi connectivity index (χ1) is 11.7. The van der Waals surface area contributed by atoms with Crippen molar-refractivity contribution in [1.82, 2.24) is 20.0 Å². The van der Waals surface area contributed by atoms with Gasteiger partial charge in [-0.15, -0.1) is 10.2 Å². The van der Waals surface area contributed by atoms with Gasteiger partial charge in [0, 0.05) is 45.3 Å². The van der Waals surface area contributed by atoms with Gasteiger partial charge < -0.3 is 9.80 Å². The highest BCUT2D eigenvalue weighted by molar-refractivity contribution is 5.83. The molecule has 124 valence electrons. The molecule has 0 unspecified atom stereocenters. The van der Waals surface area contributed by atoms with E-state index in [4.69, 9.17) is 0 Å². The molecule has 6 nitrogen and oxygen atoms in total. The van der Waals surface area contributed by atoms with Crippen molar-refractivity contribution in [2.75, 3.05) is 44.7 Å². The molecule has 1 aromatic carbocycles. The molecule has 1 amide bonds. The van der Waals surface area contributed by atoms with E-state index in [9.17, 15) is 4.79 Å². The standard InChI is InChI=1S/C18H21N5O/c1-21-9-10-22-11-12-23(13-16(22)18(21)24)17-8-7-15(19-20-17)14-5-3-2-4-6-14/h2-8,16H,9-13H2,1H3/t16-/m1/s1. The summed E-state index contributed by atoms with van der Waals surface area (Å²) in [6.45, 7) is 4.24. The number of rotatable bonds is 2. The maximum atomic E-state index is 12.4. The molecular weight excluding hydrogens is 302 g/mol. The first-order valence-electron chi connectivity index (χ1n) is 8.35. The van der Waals surface area contributed by atoms with E-state index in [2.05, 4.69) is 20.0 Å². The third-order valence-corrected chi connectivity index (χ3v) is 4.92. The van der Waals surface area contributed by atoms with Crippen molar-refractivity contribution in [3.8, 4) is 11.3 Å². The number of hydrogen-bond donors (Lipinski definition) is 0. The number of nitrogens with zero attached hydrogens (tertiary/aromatic N) is 5. The lowest BCUT2D eigenvalue weighted by molar-refractivity contribution is -0.140. The highest BCUT2D eigenvalue weighted by atomic mass is 16.2. The lowest BCUT2D eigenvalue weighted by Crippen LogP contribution is -2.64. The molecule has 3 heterocycles. The molecule has 0 radical (unpaired) electrons. The summed E-state index contributed by atoms with van der Waals surface area (Å²) >= 11 is 0. The zero-order chi connectivity index (χ0) is 16.5. The Morgan fingerprint density at radius 3 is 2.50 bits per heavy atom. The Bertz CT molecular complexity index is 718. The summed E-state index contributed by atoms with van der Waals surface area (Å²) in [5, 5.41) is 8.75. The second-order valence-corrected chi connectivity index (χ2v) is 6.40. The third-order valence-electron chi connectivity index (χ3n) is 4.92. The van der Waals surface area contributed by atoms with Gasteiger partial charge in [-0.2, -0.15) is 0 Å². The average Bonchev–Trinajstić information content (AvgIpc) is 2.65. The topological polar surface area (TPSA) is 52.6 Å². The number of piperazine rings is 2. The number of fused-ring (bicyclic) bond motifs is 1. The molecule has 1 atom stereocenters. The van der Waals surface area contributed by atoms with E-state index in [0.29, 0.717) is 6.54 Å². The van der Waals surface area contributed by atoms with E-state index < -0.39 is 0 Å². The Kier molecular flexibility index (Phi) is 3.90. The summed E-state index contributed by atoms with van der Waals surface area (Å²) in [4.78, 5) is 18.7. The fraction of sp³-hybridized carbons (Fsp3) is 0.389. The molecule has 2 saturated heterocycles. The number of anilines is 1. The fourth-order valence-electron chi connectivity index (χ4n) is 3.43. The zero-order valence-corrected chi connectivity index (χ0v) is 13.8. The first-order valence-corrected chi connectivity index (χ1v) is 8.35. The molecular formula is C18H21N5O. The van der Waals surface area contributed by atoms with Gasteiger partial charge in [-0.1, -0.05) is 30.3 Å². The lowest BCUT2D eigenvalue weighted by Gasteiger charge is -2.45. The van der Waals surface area contributed by atoms with Crippen LogP contribution in [0.1, 0.15) is 0 Å². The van der Waals surface area contributed by atoms with E-state index in [1.807, 2.05) is 54.4 Å². The number of likely N-dealkylation sites (N-methyl/N-ethyl adjacent to an activating group) is 1. The smallest absolute Gasteiger partial charge is 0.241 e. The van der Waals surface area contributed by atoms with E-state index in [-0.39, 0.29) is 11.9 Å². The number of benzene rings is 1. The van der Waals surface area contributed by atoms with Gasteiger partial charge >= 0.3 is 0 Å². The Balaban J connectivity index is 1.51. The summed E-state index contributed by atoms with van der Waals surface area (Å²) < 4.78 is 0.